The van der Waals surface area contributed by atoms with Gasteiger partial charge in [-0.2, -0.15) is 0 Å². The second kappa shape index (κ2) is 4.98. The van der Waals surface area contributed by atoms with E-state index >= 15 is 0 Å². The molecule has 0 saturated carbocycles. The average molecular weight is 270 g/mol. The van der Waals surface area contributed by atoms with Gasteiger partial charge in [0.2, 0.25) is 0 Å². The number of nitrogens with zero attached hydrogens (tertiary/aromatic N) is 2. The van der Waals surface area contributed by atoms with Gasteiger partial charge in [0, 0.05) is 0 Å². The molecule has 0 N–H and O–H groups in total. The highest BCUT2D eigenvalue weighted by molar-refractivity contribution is 7.98. The average Bonchev–Trinajstić information content (AvgIpc) is 2.19. The normalized spacial score (nSPS) is 12.6. The van der Waals surface area contributed by atoms with E-state index in [9.17, 15) is 0 Å². The molecule has 0 aliphatic carbocycles. The number of hydrogen-bond acceptors (Lipinski definition) is 4. The Morgan fingerprint density at radius 3 is 2.29 bits per heavy atom. The summed E-state index contributed by atoms with van der Waals surface area (Å²) < 4.78 is 6.20. The highest BCUT2D eigenvalue weighted by atomic mass is 32.2. The van der Waals surface area contributed by atoms with Crippen LogP contribution in [0.3, 0.4) is 0 Å². The Morgan fingerprint density at radius 2 is 1.88 bits per heavy atom. The maximum atomic E-state index is 6.20. The van der Waals surface area contributed by atoms with Gasteiger partial charge in [0.25, 0.3) is 8.32 Å². The Kier molecular flexibility index (Phi) is 4.25. The Morgan fingerprint density at radius 1 is 1.29 bits per heavy atom. The molecular formula is C12H22N2OSSi. The minimum Gasteiger partial charge on any atom is -0.541 e. The Hall–Kier alpha value is -0.553. The van der Waals surface area contributed by atoms with Crippen LogP contribution in [0.15, 0.2) is 11.4 Å². The smallest absolute Gasteiger partial charge is 0.250 e. The SMILES string of the molecule is CSc1ncc(O[Si](C)(C)C(C)(C)C)c(C)n1. The summed E-state index contributed by atoms with van der Waals surface area (Å²) in [5.74, 6) is 0.828. The van der Waals surface area contributed by atoms with Gasteiger partial charge >= 0.3 is 0 Å². The van der Waals surface area contributed by atoms with Crippen molar-refractivity contribution in [2.75, 3.05) is 6.26 Å². The van der Waals surface area contributed by atoms with Crippen LogP contribution in [0, 0.1) is 6.92 Å². The lowest BCUT2D eigenvalue weighted by Gasteiger charge is -2.36. The van der Waals surface area contributed by atoms with Crippen LogP contribution in [0.5, 0.6) is 5.75 Å². The molecule has 0 aliphatic rings. The van der Waals surface area contributed by atoms with Crippen molar-refractivity contribution in [1.82, 2.24) is 9.97 Å². The number of hydrogen-bond donors (Lipinski definition) is 0. The summed E-state index contributed by atoms with van der Waals surface area (Å²) in [6.45, 7) is 13.1. The van der Waals surface area contributed by atoms with E-state index in [4.69, 9.17) is 4.43 Å². The minimum atomic E-state index is -1.79. The third-order valence-electron chi connectivity index (χ3n) is 3.27. The van der Waals surface area contributed by atoms with Gasteiger partial charge in [-0.25, -0.2) is 9.97 Å². The number of thioether (sulfide) groups is 1. The van der Waals surface area contributed by atoms with Gasteiger partial charge in [-0.3, -0.25) is 0 Å². The highest BCUT2D eigenvalue weighted by Crippen LogP contribution is 2.37. The van der Waals surface area contributed by atoms with Gasteiger partial charge in [-0.1, -0.05) is 32.5 Å². The molecule has 3 nitrogen and oxygen atoms in total. The molecule has 0 spiro atoms. The summed E-state index contributed by atoms with van der Waals surface area (Å²) in [5, 5.41) is 0.988. The summed E-state index contributed by atoms with van der Waals surface area (Å²) in [7, 11) is -1.79. The first-order chi connectivity index (χ1) is 7.67. The Balaban J connectivity index is 2.96. The molecule has 0 saturated heterocycles. The van der Waals surface area contributed by atoms with Gasteiger partial charge in [-0.05, 0) is 31.3 Å². The lowest BCUT2D eigenvalue weighted by Crippen LogP contribution is -2.44. The van der Waals surface area contributed by atoms with E-state index in [0.717, 1.165) is 16.6 Å². The van der Waals surface area contributed by atoms with Gasteiger partial charge in [0.15, 0.2) is 5.16 Å². The van der Waals surface area contributed by atoms with E-state index in [-0.39, 0.29) is 5.04 Å². The van der Waals surface area contributed by atoms with Crippen molar-refractivity contribution in [3.05, 3.63) is 11.9 Å². The highest BCUT2D eigenvalue weighted by Gasteiger charge is 2.39. The monoisotopic (exact) mass is 270 g/mol. The fourth-order valence-corrected chi connectivity index (χ4v) is 2.50. The molecule has 0 fully saturated rings. The number of aromatic nitrogens is 2. The van der Waals surface area contributed by atoms with Gasteiger partial charge in [-0.15, -0.1) is 0 Å². The van der Waals surface area contributed by atoms with Crippen LogP contribution in [-0.4, -0.2) is 24.5 Å². The lowest BCUT2D eigenvalue weighted by atomic mass is 10.2. The van der Waals surface area contributed by atoms with E-state index in [1.54, 1.807) is 18.0 Å². The molecule has 1 aromatic heterocycles. The maximum absolute atomic E-state index is 6.20. The molecule has 17 heavy (non-hydrogen) atoms. The zero-order valence-electron chi connectivity index (χ0n) is 11.8. The molecule has 0 aromatic carbocycles. The van der Waals surface area contributed by atoms with Crippen molar-refractivity contribution >= 4 is 20.1 Å². The second-order valence-corrected chi connectivity index (χ2v) is 11.2. The molecule has 1 rings (SSSR count). The minimum absolute atomic E-state index is 0.192. The predicted octanol–water partition coefficient (Wildman–Crippen LogP) is 3.89. The molecule has 0 radical (unpaired) electrons. The summed E-state index contributed by atoms with van der Waals surface area (Å²) in [4.78, 5) is 8.68. The number of aryl methyl sites for hydroxylation is 1. The molecule has 1 heterocycles. The zero-order valence-corrected chi connectivity index (χ0v) is 13.6. The summed E-state index contributed by atoms with van der Waals surface area (Å²) in [6, 6.07) is 0. The van der Waals surface area contributed by atoms with Crippen molar-refractivity contribution < 1.29 is 4.43 Å². The topological polar surface area (TPSA) is 35.0 Å². The molecule has 1 aromatic rings. The van der Waals surface area contributed by atoms with E-state index in [2.05, 4.69) is 43.8 Å². The van der Waals surface area contributed by atoms with Gasteiger partial charge in [0.1, 0.15) is 5.75 Å². The fraction of sp³-hybridized carbons (Fsp3) is 0.667. The van der Waals surface area contributed by atoms with Crippen molar-refractivity contribution in [3.63, 3.8) is 0 Å². The third-order valence-corrected chi connectivity index (χ3v) is 8.17. The second-order valence-electron chi connectivity index (χ2n) is 5.67. The van der Waals surface area contributed by atoms with Crippen LogP contribution in [0.25, 0.3) is 0 Å². The molecule has 0 bridgehead atoms. The van der Waals surface area contributed by atoms with E-state index in [0.29, 0.717) is 0 Å². The predicted molar refractivity (Wildman–Crippen MR) is 76.4 cm³/mol. The maximum Gasteiger partial charge on any atom is 0.250 e. The molecule has 96 valence electrons. The van der Waals surface area contributed by atoms with Crippen molar-refractivity contribution in [1.29, 1.82) is 0 Å². The summed E-state index contributed by atoms with van der Waals surface area (Å²) in [6.07, 6.45) is 3.78. The van der Waals surface area contributed by atoms with Crippen LogP contribution in [0.2, 0.25) is 18.1 Å². The van der Waals surface area contributed by atoms with Crippen LogP contribution in [-0.2, 0) is 0 Å². The molecule has 0 atom stereocenters. The van der Waals surface area contributed by atoms with E-state index in [1.165, 1.54) is 0 Å². The Labute approximate surface area is 110 Å². The van der Waals surface area contributed by atoms with Gasteiger partial charge < -0.3 is 4.43 Å². The van der Waals surface area contributed by atoms with Crippen LogP contribution >= 0.6 is 11.8 Å². The lowest BCUT2D eigenvalue weighted by molar-refractivity contribution is 0.482. The molecule has 0 unspecified atom stereocenters. The summed E-state index contributed by atoms with van der Waals surface area (Å²) >= 11 is 1.55. The summed E-state index contributed by atoms with van der Waals surface area (Å²) in [5.41, 5.74) is 0.925. The molecule has 0 aliphatic heterocycles. The third kappa shape index (κ3) is 3.45. The largest absolute Gasteiger partial charge is 0.541 e. The first-order valence-corrected chi connectivity index (χ1v) is 9.87. The van der Waals surface area contributed by atoms with Gasteiger partial charge in [0.05, 0.1) is 11.9 Å². The first kappa shape index (κ1) is 14.5. The van der Waals surface area contributed by atoms with Crippen LogP contribution in [0.4, 0.5) is 0 Å². The molecule has 0 amide bonds. The molecule has 5 heteroatoms. The Bertz CT molecular complexity index is 402. The van der Waals surface area contributed by atoms with Crippen molar-refractivity contribution in [2.24, 2.45) is 0 Å². The zero-order chi connectivity index (χ0) is 13.3. The fourth-order valence-electron chi connectivity index (χ4n) is 1.06. The van der Waals surface area contributed by atoms with Crippen LogP contribution in [0.1, 0.15) is 26.5 Å². The van der Waals surface area contributed by atoms with Crippen LogP contribution < -0.4 is 4.43 Å². The molecular weight excluding hydrogens is 248 g/mol. The van der Waals surface area contributed by atoms with Crippen molar-refractivity contribution in [3.8, 4) is 5.75 Å². The van der Waals surface area contributed by atoms with E-state index in [1.807, 2.05) is 13.2 Å². The quantitative estimate of drug-likeness (QED) is 0.474. The number of rotatable bonds is 3. The van der Waals surface area contributed by atoms with E-state index < -0.39 is 8.32 Å². The first-order valence-electron chi connectivity index (χ1n) is 5.74. The standard InChI is InChI=1S/C12H22N2OSSi/c1-9-10(8-13-11(14-9)16-5)15-17(6,7)12(2,3)4/h8H,1-7H3. The van der Waals surface area contributed by atoms with Crippen molar-refractivity contribution in [2.45, 2.75) is 51.0 Å².